The average molecular weight is 456 g/mol. The Balaban J connectivity index is 2.12. The molecule has 0 saturated carbocycles. The first-order valence-corrected chi connectivity index (χ1v) is 8.55. The van der Waals surface area contributed by atoms with E-state index in [0.717, 1.165) is 21.0 Å². The van der Waals surface area contributed by atoms with Crippen molar-refractivity contribution in [3.8, 4) is 28.7 Å². The topological polar surface area (TPSA) is 63.2 Å². The van der Waals surface area contributed by atoms with Crippen LogP contribution in [0.4, 0.5) is 0 Å². The van der Waals surface area contributed by atoms with Gasteiger partial charge in [-0.3, -0.25) is 0 Å². The molecule has 0 N–H and O–H groups in total. The van der Waals surface area contributed by atoms with Crippen LogP contribution in [0.2, 0.25) is 0 Å². The van der Waals surface area contributed by atoms with Crippen LogP contribution in [0.15, 0.2) is 24.3 Å². The number of ether oxygens (including phenoxy) is 5. The quantitative estimate of drug-likeness (QED) is 0.491. The second kappa shape index (κ2) is 7.38. The number of carbonyl (C=O) groups is 1. The van der Waals surface area contributed by atoms with Crippen LogP contribution < -0.4 is 23.7 Å². The molecule has 0 radical (unpaired) electrons. The number of aldehydes is 1. The molecule has 132 valence electrons. The third kappa shape index (κ3) is 3.20. The summed E-state index contributed by atoms with van der Waals surface area (Å²) >= 11 is 2.19. The van der Waals surface area contributed by atoms with Gasteiger partial charge in [-0.25, -0.2) is 0 Å². The zero-order valence-corrected chi connectivity index (χ0v) is 16.2. The second-order valence-corrected chi connectivity index (χ2v) is 6.46. The predicted octanol–water partition coefficient (Wildman–Crippen LogP) is 3.38. The van der Waals surface area contributed by atoms with Crippen molar-refractivity contribution in [2.75, 3.05) is 28.1 Å². The van der Waals surface area contributed by atoms with Crippen molar-refractivity contribution in [3.63, 3.8) is 0 Å². The van der Waals surface area contributed by atoms with Gasteiger partial charge in [0.05, 0.1) is 27.2 Å². The van der Waals surface area contributed by atoms with Gasteiger partial charge >= 0.3 is 0 Å². The van der Waals surface area contributed by atoms with Crippen LogP contribution in [-0.2, 0) is 4.79 Å². The number of methoxy groups -OCH3 is 3. The summed E-state index contributed by atoms with van der Waals surface area (Å²) in [5, 5.41) is 0. The lowest BCUT2D eigenvalue weighted by atomic mass is 9.91. The molecule has 0 saturated heterocycles. The van der Waals surface area contributed by atoms with Crippen LogP contribution in [0.25, 0.3) is 0 Å². The summed E-state index contributed by atoms with van der Waals surface area (Å²) < 4.78 is 27.8. The molecule has 0 bridgehead atoms. The fourth-order valence-electron chi connectivity index (χ4n) is 2.78. The smallest absolute Gasteiger partial charge is 0.231 e. The minimum absolute atomic E-state index is 0.185. The van der Waals surface area contributed by atoms with E-state index >= 15 is 0 Å². The third-order valence-electron chi connectivity index (χ3n) is 4.01. The molecule has 7 heteroatoms. The zero-order valence-electron chi connectivity index (χ0n) is 14.0. The molecule has 25 heavy (non-hydrogen) atoms. The van der Waals surface area contributed by atoms with Crippen molar-refractivity contribution in [1.29, 1.82) is 0 Å². The summed E-state index contributed by atoms with van der Waals surface area (Å²) in [7, 11) is 4.63. The van der Waals surface area contributed by atoms with Gasteiger partial charge in [0.2, 0.25) is 12.5 Å². The van der Waals surface area contributed by atoms with Gasteiger partial charge in [0, 0.05) is 3.57 Å². The number of rotatable bonds is 6. The Labute approximate surface area is 159 Å². The van der Waals surface area contributed by atoms with Crippen molar-refractivity contribution in [3.05, 3.63) is 39.0 Å². The van der Waals surface area contributed by atoms with Gasteiger partial charge in [-0.1, -0.05) is 0 Å². The Morgan fingerprint density at radius 1 is 1.00 bits per heavy atom. The first kappa shape index (κ1) is 17.7. The first-order valence-electron chi connectivity index (χ1n) is 7.47. The Kier molecular flexibility index (Phi) is 5.22. The predicted molar refractivity (Wildman–Crippen MR) is 99.3 cm³/mol. The third-order valence-corrected chi connectivity index (χ3v) is 4.94. The first-order chi connectivity index (χ1) is 12.1. The molecule has 1 unspecified atom stereocenters. The van der Waals surface area contributed by atoms with E-state index in [0.29, 0.717) is 28.7 Å². The minimum Gasteiger partial charge on any atom is -0.493 e. The summed E-state index contributed by atoms with van der Waals surface area (Å²) in [6.45, 7) is 0.185. The zero-order chi connectivity index (χ0) is 18.0. The van der Waals surface area contributed by atoms with E-state index in [4.69, 9.17) is 23.7 Å². The van der Waals surface area contributed by atoms with Gasteiger partial charge in [-0.15, -0.1) is 0 Å². The molecular formula is C18H17IO6. The lowest BCUT2D eigenvalue weighted by Crippen LogP contribution is -2.06. The van der Waals surface area contributed by atoms with Gasteiger partial charge < -0.3 is 28.5 Å². The standard InChI is InChI=1S/C18H17IO6/c1-21-16-4-10(5-17(22-2)18(16)23-3)12(8-20)11-6-14-15(7-13(11)19)25-9-24-14/h4-8,12H,9H2,1-3H3. The van der Waals surface area contributed by atoms with E-state index in [2.05, 4.69) is 22.6 Å². The summed E-state index contributed by atoms with van der Waals surface area (Å²) in [5.41, 5.74) is 1.57. The van der Waals surface area contributed by atoms with Crippen molar-refractivity contribution in [1.82, 2.24) is 0 Å². The molecule has 2 aromatic carbocycles. The van der Waals surface area contributed by atoms with E-state index in [9.17, 15) is 4.79 Å². The lowest BCUT2D eigenvalue weighted by molar-refractivity contribution is -0.108. The Morgan fingerprint density at radius 3 is 2.12 bits per heavy atom. The molecule has 0 aliphatic carbocycles. The maximum atomic E-state index is 11.9. The summed E-state index contributed by atoms with van der Waals surface area (Å²) in [6, 6.07) is 7.27. The number of fused-ring (bicyclic) bond motifs is 1. The minimum atomic E-state index is -0.505. The largest absolute Gasteiger partial charge is 0.493 e. The average Bonchev–Trinajstić information content (AvgIpc) is 3.08. The summed E-state index contributed by atoms with van der Waals surface area (Å²) in [4.78, 5) is 11.9. The Morgan fingerprint density at radius 2 is 1.60 bits per heavy atom. The van der Waals surface area contributed by atoms with Crippen LogP contribution in [0.5, 0.6) is 28.7 Å². The van der Waals surface area contributed by atoms with E-state index in [1.807, 2.05) is 12.1 Å². The van der Waals surface area contributed by atoms with Crippen LogP contribution in [-0.4, -0.2) is 34.4 Å². The maximum Gasteiger partial charge on any atom is 0.231 e. The van der Waals surface area contributed by atoms with Gasteiger partial charge in [0.1, 0.15) is 6.29 Å². The summed E-state index contributed by atoms with van der Waals surface area (Å²) in [6.07, 6.45) is 0.889. The highest BCUT2D eigenvalue weighted by atomic mass is 127. The number of hydrogen-bond acceptors (Lipinski definition) is 6. The van der Waals surface area contributed by atoms with Crippen LogP contribution >= 0.6 is 22.6 Å². The molecule has 0 fully saturated rings. The number of hydrogen-bond donors (Lipinski definition) is 0. The molecule has 3 rings (SSSR count). The monoisotopic (exact) mass is 456 g/mol. The highest BCUT2D eigenvalue weighted by Gasteiger charge is 2.25. The van der Waals surface area contributed by atoms with Crippen molar-refractivity contribution < 1.29 is 28.5 Å². The molecule has 0 amide bonds. The van der Waals surface area contributed by atoms with Crippen molar-refractivity contribution >= 4 is 28.9 Å². The second-order valence-electron chi connectivity index (χ2n) is 5.30. The number of carbonyl (C=O) groups excluding carboxylic acids is 1. The fourth-order valence-corrected chi connectivity index (χ4v) is 3.56. The molecule has 2 aromatic rings. The fraction of sp³-hybridized carbons (Fsp3) is 0.278. The maximum absolute atomic E-state index is 11.9. The van der Waals surface area contributed by atoms with E-state index in [-0.39, 0.29) is 6.79 Å². The lowest BCUT2D eigenvalue weighted by Gasteiger charge is -2.18. The summed E-state index contributed by atoms with van der Waals surface area (Å²) in [5.74, 6) is 2.30. The van der Waals surface area contributed by atoms with Crippen LogP contribution in [0.3, 0.4) is 0 Å². The SMILES string of the molecule is COc1cc(C(C=O)c2cc3c(cc2I)OCO3)cc(OC)c1OC. The molecule has 6 nitrogen and oxygen atoms in total. The molecule has 0 spiro atoms. The molecule has 1 atom stereocenters. The van der Waals surface area contributed by atoms with Gasteiger partial charge in [-0.05, 0) is 58.0 Å². The van der Waals surface area contributed by atoms with Crippen molar-refractivity contribution in [2.24, 2.45) is 0 Å². The molecule has 1 heterocycles. The normalized spacial score (nSPS) is 13.3. The molecule has 1 aliphatic heterocycles. The molecule has 1 aliphatic rings. The van der Waals surface area contributed by atoms with Gasteiger partial charge in [0.25, 0.3) is 0 Å². The van der Waals surface area contributed by atoms with Crippen LogP contribution in [0, 0.1) is 3.57 Å². The van der Waals surface area contributed by atoms with E-state index < -0.39 is 5.92 Å². The number of halogens is 1. The van der Waals surface area contributed by atoms with Gasteiger partial charge in [-0.2, -0.15) is 0 Å². The Hall–Kier alpha value is -2.16. The van der Waals surface area contributed by atoms with Gasteiger partial charge in [0.15, 0.2) is 23.0 Å². The highest BCUT2D eigenvalue weighted by molar-refractivity contribution is 14.1. The Bertz CT molecular complexity index is 779. The van der Waals surface area contributed by atoms with E-state index in [1.54, 1.807) is 26.4 Å². The highest BCUT2D eigenvalue weighted by Crippen LogP contribution is 2.43. The van der Waals surface area contributed by atoms with E-state index in [1.165, 1.54) is 7.11 Å². The van der Waals surface area contributed by atoms with Crippen LogP contribution in [0.1, 0.15) is 17.0 Å². The van der Waals surface area contributed by atoms with Crippen molar-refractivity contribution in [2.45, 2.75) is 5.92 Å². The number of benzene rings is 2. The molecular weight excluding hydrogens is 439 g/mol. The molecule has 0 aromatic heterocycles.